The standard InChI is InChI=1S/C8H8N4OS/c9-8-10-4-6(14-8)5-12-7(13)2-1-3-11-12/h1-4H,5H2,(H2,9,10). The molecule has 0 saturated carbocycles. The maximum Gasteiger partial charge on any atom is 0.267 e. The minimum Gasteiger partial charge on any atom is -0.375 e. The number of hydrogen-bond donors (Lipinski definition) is 1. The first kappa shape index (κ1) is 8.89. The van der Waals surface area contributed by atoms with Gasteiger partial charge in [0, 0.05) is 23.3 Å². The molecule has 2 aromatic rings. The largest absolute Gasteiger partial charge is 0.375 e. The third kappa shape index (κ3) is 1.80. The molecule has 0 amide bonds. The van der Waals surface area contributed by atoms with Crippen LogP contribution in [-0.4, -0.2) is 14.8 Å². The highest BCUT2D eigenvalue weighted by atomic mass is 32.1. The summed E-state index contributed by atoms with van der Waals surface area (Å²) in [6.07, 6.45) is 3.23. The van der Waals surface area contributed by atoms with Gasteiger partial charge in [-0.2, -0.15) is 5.10 Å². The highest BCUT2D eigenvalue weighted by Crippen LogP contribution is 2.14. The summed E-state index contributed by atoms with van der Waals surface area (Å²) in [6, 6.07) is 3.08. The quantitative estimate of drug-likeness (QED) is 0.771. The first-order chi connectivity index (χ1) is 6.75. The van der Waals surface area contributed by atoms with Gasteiger partial charge in [0.05, 0.1) is 6.54 Å². The molecule has 0 aromatic carbocycles. The lowest BCUT2D eigenvalue weighted by Crippen LogP contribution is -2.21. The van der Waals surface area contributed by atoms with Gasteiger partial charge in [0.2, 0.25) is 0 Å². The van der Waals surface area contributed by atoms with Gasteiger partial charge in [-0.15, -0.1) is 11.3 Å². The number of aromatic nitrogens is 3. The van der Waals surface area contributed by atoms with Crippen LogP contribution < -0.4 is 11.3 Å². The predicted molar refractivity (Wildman–Crippen MR) is 54.1 cm³/mol. The number of thiazole rings is 1. The van der Waals surface area contributed by atoms with Crippen molar-refractivity contribution in [2.45, 2.75) is 6.54 Å². The number of nitrogens with two attached hydrogens (primary N) is 1. The van der Waals surface area contributed by atoms with Crippen LogP contribution in [0.3, 0.4) is 0 Å². The Morgan fingerprint density at radius 3 is 3.07 bits per heavy atom. The monoisotopic (exact) mass is 208 g/mol. The minimum atomic E-state index is -0.125. The zero-order valence-corrected chi connectivity index (χ0v) is 8.07. The molecule has 5 nitrogen and oxygen atoms in total. The Hall–Kier alpha value is -1.69. The fourth-order valence-electron chi connectivity index (χ4n) is 1.05. The van der Waals surface area contributed by atoms with Crippen LogP contribution in [0.2, 0.25) is 0 Å². The predicted octanol–water partition coefficient (Wildman–Crippen LogP) is 0.330. The third-order valence-electron chi connectivity index (χ3n) is 1.66. The van der Waals surface area contributed by atoms with Crippen LogP contribution in [0.5, 0.6) is 0 Å². The molecule has 0 aliphatic carbocycles. The molecule has 2 rings (SSSR count). The summed E-state index contributed by atoms with van der Waals surface area (Å²) >= 11 is 1.36. The average molecular weight is 208 g/mol. The van der Waals surface area contributed by atoms with Crippen LogP contribution >= 0.6 is 11.3 Å². The summed E-state index contributed by atoms with van der Waals surface area (Å²) < 4.78 is 1.37. The second-order valence-corrected chi connectivity index (χ2v) is 3.83. The van der Waals surface area contributed by atoms with Crippen molar-refractivity contribution in [1.29, 1.82) is 0 Å². The van der Waals surface area contributed by atoms with E-state index in [1.54, 1.807) is 18.5 Å². The molecule has 0 saturated heterocycles. The smallest absolute Gasteiger partial charge is 0.267 e. The van der Waals surface area contributed by atoms with Crippen LogP contribution in [-0.2, 0) is 6.54 Å². The fourth-order valence-corrected chi connectivity index (χ4v) is 1.72. The molecule has 72 valence electrons. The Balaban J connectivity index is 2.27. The Bertz CT molecular complexity index is 490. The molecule has 0 unspecified atom stereocenters. The first-order valence-electron chi connectivity index (χ1n) is 3.98. The van der Waals surface area contributed by atoms with Crippen LogP contribution in [0.1, 0.15) is 4.88 Å². The van der Waals surface area contributed by atoms with Crippen molar-refractivity contribution in [2.24, 2.45) is 0 Å². The molecule has 14 heavy (non-hydrogen) atoms. The van der Waals surface area contributed by atoms with Gasteiger partial charge < -0.3 is 5.73 Å². The third-order valence-corrected chi connectivity index (χ3v) is 2.47. The van der Waals surface area contributed by atoms with Gasteiger partial charge in [-0.3, -0.25) is 4.79 Å². The van der Waals surface area contributed by atoms with Gasteiger partial charge in [-0.1, -0.05) is 0 Å². The molecule has 2 N–H and O–H groups in total. The minimum absolute atomic E-state index is 0.125. The highest BCUT2D eigenvalue weighted by molar-refractivity contribution is 7.15. The van der Waals surface area contributed by atoms with E-state index in [4.69, 9.17) is 5.73 Å². The molecule has 0 atom stereocenters. The zero-order valence-electron chi connectivity index (χ0n) is 7.25. The Kier molecular flexibility index (Phi) is 2.28. The van der Waals surface area contributed by atoms with E-state index in [9.17, 15) is 4.79 Å². The van der Waals surface area contributed by atoms with E-state index in [1.807, 2.05) is 0 Å². The summed E-state index contributed by atoms with van der Waals surface area (Å²) in [5.74, 6) is 0. The maximum absolute atomic E-state index is 11.3. The van der Waals surface area contributed by atoms with E-state index in [-0.39, 0.29) is 5.56 Å². The molecule has 0 radical (unpaired) electrons. The Labute approximate surface area is 83.8 Å². The van der Waals surface area contributed by atoms with Gasteiger partial charge in [0.15, 0.2) is 5.13 Å². The van der Waals surface area contributed by atoms with Crippen LogP contribution in [0.25, 0.3) is 0 Å². The van der Waals surface area contributed by atoms with Crippen molar-refractivity contribution in [3.8, 4) is 0 Å². The lowest BCUT2D eigenvalue weighted by molar-refractivity contribution is 0.644. The van der Waals surface area contributed by atoms with E-state index >= 15 is 0 Å². The highest BCUT2D eigenvalue weighted by Gasteiger charge is 2.01. The summed E-state index contributed by atoms with van der Waals surface area (Å²) in [4.78, 5) is 16.1. The number of rotatable bonds is 2. The van der Waals surface area contributed by atoms with E-state index in [1.165, 1.54) is 22.1 Å². The molecule has 0 bridgehead atoms. The SMILES string of the molecule is Nc1ncc(Cn2ncccc2=O)s1. The van der Waals surface area contributed by atoms with Crippen molar-refractivity contribution in [1.82, 2.24) is 14.8 Å². The second-order valence-electron chi connectivity index (χ2n) is 2.68. The van der Waals surface area contributed by atoms with Gasteiger partial charge >= 0.3 is 0 Å². The van der Waals surface area contributed by atoms with Crippen molar-refractivity contribution >= 4 is 16.5 Å². The van der Waals surface area contributed by atoms with E-state index in [0.717, 1.165) is 4.88 Å². The normalized spacial score (nSPS) is 10.3. The summed E-state index contributed by atoms with van der Waals surface area (Å²) in [6.45, 7) is 0.425. The van der Waals surface area contributed by atoms with Gasteiger partial charge in [0.1, 0.15) is 0 Å². The lowest BCUT2D eigenvalue weighted by atomic mass is 10.5. The molecular formula is C8H8N4OS. The summed E-state index contributed by atoms with van der Waals surface area (Å²) in [5.41, 5.74) is 5.34. The number of nitrogens with zero attached hydrogens (tertiary/aromatic N) is 3. The number of hydrogen-bond acceptors (Lipinski definition) is 5. The molecule has 2 heterocycles. The van der Waals surface area contributed by atoms with Crippen LogP contribution in [0.15, 0.2) is 29.3 Å². The maximum atomic E-state index is 11.3. The number of anilines is 1. The Morgan fingerprint density at radius 2 is 2.43 bits per heavy atom. The van der Waals surface area contributed by atoms with E-state index < -0.39 is 0 Å². The molecule has 0 aliphatic rings. The summed E-state index contributed by atoms with van der Waals surface area (Å²) in [5, 5.41) is 4.43. The van der Waals surface area contributed by atoms with Crippen LogP contribution in [0.4, 0.5) is 5.13 Å². The average Bonchev–Trinajstić information content (AvgIpc) is 2.56. The Morgan fingerprint density at radius 1 is 1.57 bits per heavy atom. The molecule has 6 heteroatoms. The molecule has 0 spiro atoms. The zero-order chi connectivity index (χ0) is 9.97. The molecular weight excluding hydrogens is 200 g/mol. The second kappa shape index (κ2) is 3.59. The van der Waals surface area contributed by atoms with Crippen molar-refractivity contribution < 1.29 is 0 Å². The van der Waals surface area contributed by atoms with Crippen LogP contribution in [0, 0.1) is 0 Å². The van der Waals surface area contributed by atoms with Crippen molar-refractivity contribution in [3.05, 3.63) is 39.8 Å². The van der Waals surface area contributed by atoms with Crippen molar-refractivity contribution in [2.75, 3.05) is 5.73 Å². The van der Waals surface area contributed by atoms with Gasteiger partial charge in [0.25, 0.3) is 5.56 Å². The fraction of sp³-hybridized carbons (Fsp3) is 0.125. The number of nitrogen functional groups attached to an aromatic ring is 1. The molecule has 0 aliphatic heterocycles. The molecule has 2 aromatic heterocycles. The van der Waals surface area contributed by atoms with Gasteiger partial charge in [-0.25, -0.2) is 9.67 Å². The lowest BCUT2D eigenvalue weighted by Gasteiger charge is -1.98. The summed E-state index contributed by atoms with van der Waals surface area (Å²) in [7, 11) is 0. The topological polar surface area (TPSA) is 73.8 Å². The van der Waals surface area contributed by atoms with Gasteiger partial charge in [-0.05, 0) is 6.07 Å². The van der Waals surface area contributed by atoms with E-state index in [0.29, 0.717) is 11.7 Å². The molecule has 0 fully saturated rings. The van der Waals surface area contributed by atoms with E-state index in [2.05, 4.69) is 10.1 Å². The first-order valence-corrected chi connectivity index (χ1v) is 4.79. The van der Waals surface area contributed by atoms with Crippen molar-refractivity contribution in [3.63, 3.8) is 0 Å².